The van der Waals surface area contributed by atoms with Crippen LogP contribution in [0.1, 0.15) is 22.9 Å². The van der Waals surface area contributed by atoms with Crippen molar-refractivity contribution in [2.45, 2.75) is 19.1 Å². The zero-order chi connectivity index (χ0) is 15.5. The Bertz CT molecular complexity index is 666. The van der Waals surface area contributed by atoms with Crippen molar-refractivity contribution in [1.82, 2.24) is 15.1 Å². The third-order valence-corrected chi connectivity index (χ3v) is 3.87. The molecule has 1 aromatic heterocycles. The molecule has 1 unspecified atom stereocenters. The summed E-state index contributed by atoms with van der Waals surface area (Å²) in [6.07, 6.45) is 0.0660. The number of halogens is 1. The number of ether oxygens (including phenoxy) is 1. The van der Waals surface area contributed by atoms with Crippen molar-refractivity contribution in [3.63, 3.8) is 0 Å². The molecule has 6 heteroatoms. The fourth-order valence-corrected chi connectivity index (χ4v) is 2.69. The molecule has 1 atom stereocenters. The molecule has 0 radical (unpaired) electrons. The molecule has 1 aromatic carbocycles. The number of nitrogens with zero attached hydrogens (tertiary/aromatic N) is 3. The maximum absolute atomic E-state index is 13.2. The smallest absolute Gasteiger partial charge is 0.233 e. The minimum Gasteiger partial charge on any atom is -0.480 e. The first kappa shape index (κ1) is 14.9. The van der Waals surface area contributed by atoms with Gasteiger partial charge in [0.2, 0.25) is 5.88 Å². The number of aliphatic hydroxyl groups excluding tert-OH is 1. The molecule has 1 N–H and O–H groups in total. The molecule has 116 valence electrons. The second kappa shape index (κ2) is 6.37. The highest BCUT2D eigenvalue weighted by Gasteiger charge is 2.21. The Hall–Kier alpha value is -2.05. The van der Waals surface area contributed by atoms with E-state index >= 15 is 0 Å². The molecule has 3 rings (SSSR count). The van der Waals surface area contributed by atoms with Gasteiger partial charge in [0, 0.05) is 32.1 Å². The summed E-state index contributed by atoms with van der Waals surface area (Å²) in [4.78, 5) is 2.12. The van der Waals surface area contributed by atoms with Gasteiger partial charge in [-0.15, -0.1) is 5.10 Å². The molecule has 0 saturated heterocycles. The highest BCUT2D eigenvalue weighted by molar-refractivity contribution is 5.26. The van der Waals surface area contributed by atoms with Gasteiger partial charge >= 0.3 is 0 Å². The first-order chi connectivity index (χ1) is 10.7. The molecule has 1 aliphatic heterocycles. The third-order valence-electron chi connectivity index (χ3n) is 3.87. The third kappa shape index (κ3) is 3.23. The molecule has 2 heterocycles. The van der Waals surface area contributed by atoms with Crippen LogP contribution in [0.2, 0.25) is 0 Å². The Morgan fingerprint density at radius 3 is 3.00 bits per heavy atom. The van der Waals surface area contributed by atoms with E-state index in [4.69, 9.17) is 4.74 Å². The van der Waals surface area contributed by atoms with Gasteiger partial charge in [-0.05, 0) is 23.3 Å². The standard InChI is InChI=1S/C16H18FN3O2/c1-22-16-8-12-9-20(6-5-14(12)18-19-16)10-15(21)11-3-2-4-13(17)7-11/h2-4,7-8,15,21H,5-6,9-10H2,1H3. The molecule has 1 aliphatic rings. The van der Waals surface area contributed by atoms with Crippen molar-refractivity contribution < 1.29 is 14.2 Å². The second-order valence-electron chi connectivity index (χ2n) is 5.41. The van der Waals surface area contributed by atoms with Gasteiger partial charge in [0.25, 0.3) is 0 Å². The van der Waals surface area contributed by atoms with Gasteiger partial charge in [0.15, 0.2) is 0 Å². The van der Waals surface area contributed by atoms with Crippen molar-refractivity contribution in [2.75, 3.05) is 20.2 Å². The molecule has 0 aliphatic carbocycles. The van der Waals surface area contributed by atoms with Crippen molar-refractivity contribution in [2.24, 2.45) is 0 Å². The molecular formula is C16H18FN3O2. The number of benzene rings is 1. The molecule has 5 nitrogen and oxygen atoms in total. The Labute approximate surface area is 128 Å². The van der Waals surface area contributed by atoms with E-state index < -0.39 is 6.10 Å². The predicted octanol–water partition coefficient (Wildman–Crippen LogP) is 1.72. The van der Waals surface area contributed by atoms with Crippen molar-refractivity contribution in [1.29, 1.82) is 0 Å². The lowest BCUT2D eigenvalue weighted by Crippen LogP contribution is -2.34. The van der Waals surface area contributed by atoms with Gasteiger partial charge in [-0.2, -0.15) is 5.10 Å². The average Bonchev–Trinajstić information content (AvgIpc) is 2.54. The van der Waals surface area contributed by atoms with Gasteiger partial charge in [-0.3, -0.25) is 4.90 Å². The molecule has 0 saturated carbocycles. The van der Waals surface area contributed by atoms with E-state index in [-0.39, 0.29) is 5.82 Å². The fourth-order valence-electron chi connectivity index (χ4n) is 2.69. The van der Waals surface area contributed by atoms with E-state index in [2.05, 4.69) is 15.1 Å². The van der Waals surface area contributed by atoms with Crippen LogP contribution >= 0.6 is 0 Å². The summed E-state index contributed by atoms with van der Waals surface area (Å²) in [6, 6.07) is 7.97. The molecule has 0 bridgehead atoms. The lowest BCUT2D eigenvalue weighted by atomic mass is 10.0. The van der Waals surface area contributed by atoms with E-state index in [1.54, 1.807) is 19.2 Å². The number of hydrogen-bond donors (Lipinski definition) is 1. The fraction of sp³-hybridized carbons (Fsp3) is 0.375. The number of aromatic nitrogens is 2. The molecule has 0 amide bonds. The lowest BCUT2D eigenvalue weighted by Gasteiger charge is -2.29. The first-order valence-electron chi connectivity index (χ1n) is 7.21. The summed E-state index contributed by atoms with van der Waals surface area (Å²) in [5.41, 5.74) is 2.62. The van der Waals surface area contributed by atoms with Crippen LogP contribution in [0.15, 0.2) is 30.3 Å². The minimum absolute atomic E-state index is 0.333. The van der Waals surface area contributed by atoms with Gasteiger partial charge in [0.05, 0.1) is 18.9 Å². The van der Waals surface area contributed by atoms with Crippen molar-refractivity contribution in [3.05, 3.63) is 53.0 Å². The van der Waals surface area contributed by atoms with Crippen LogP contribution < -0.4 is 4.74 Å². The van der Waals surface area contributed by atoms with Crippen LogP contribution in [-0.4, -0.2) is 40.4 Å². The van der Waals surface area contributed by atoms with Crippen LogP contribution in [0, 0.1) is 5.82 Å². The summed E-state index contributed by atoms with van der Waals surface area (Å²) in [7, 11) is 1.56. The number of methoxy groups -OCH3 is 1. The average molecular weight is 303 g/mol. The second-order valence-corrected chi connectivity index (χ2v) is 5.41. The summed E-state index contributed by atoms with van der Waals surface area (Å²) in [6.45, 7) is 1.92. The zero-order valence-corrected chi connectivity index (χ0v) is 12.4. The van der Waals surface area contributed by atoms with Gasteiger partial charge in [-0.1, -0.05) is 12.1 Å². The number of rotatable bonds is 4. The Morgan fingerprint density at radius 1 is 1.36 bits per heavy atom. The van der Waals surface area contributed by atoms with Crippen LogP contribution in [0.5, 0.6) is 5.88 Å². The van der Waals surface area contributed by atoms with Crippen molar-refractivity contribution in [3.8, 4) is 5.88 Å². The van der Waals surface area contributed by atoms with E-state index in [1.165, 1.54) is 12.1 Å². The zero-order valence-electron chi connectivity index (χ0n) is 12.4. The Morgan fingerprint density at radius 2 is 2.23 bits per heavy atom. The normalized spacial score (nSPS) is 16.1. The highest BCUT2D eigenvalue weighted by Crippen LogP contribution is 2.22. The van der Waals surface area contributed by atoms with Gasteiger partial charge in [-0.25, -0.2) is 4.39 Å². The van der Waals surface area contributed by atoms with E-state index in [9.17, 15) is 9.50 Å². The molecule has 2 aromatic rings. The van der Waals surface area contributed by atoms with Crippen LogP contribution in [-0.2, 0) is 13.0 Å². The van der Waals surface area contributed by atoms with Gasteiger partial charge < -0.3 is 9.84 Å². The first-order valence-corrected chi connectivity index (χ1v) is 7.21. The van der Waals surface area contributed by atoms with Crippen LogP contribution in [0.25, 0.3) is 0 Å². The number of fused-ring (bicyclic) bond motifs is 1. The van der Waals surface area contributed by atoms with E-state index in [1.807, 2.05) is 6.07 Å². The largest absolute Gasteiger partial charge is 0.480 e. The number of hydrogen-bond acceptors (Lipinski definition) is 5. The summed E-state index contributed by atoms with van der Waals surface area (Å²) < 4.78 is 18.3. The lowest BCUT2D eigenvalue weighted by molar-refractivity contribution is 0.105. The SMILES string of the molecule is COc1cc2c(nn1)CCN(CC(O)c1cccc(F)c1)C2. The number of β-amino-alcohol motifs (C(OH)–C–C–N with tert-alkyl or cyclic N) is 1. The quantitative estimate of drug-likeness (QED) is 0.932. The topological polar surface area (TPSA) is 58.5 Å². The number of aliphatic hydroxyl groups is 1. The maximum atomic E-state index is 13.2. The summed E-state index contributed by atoms with van der Waals surface area (Å²) in [5, 5.41) is 18.4. The minimum atomic E-state index is -0.714. The Balaban J connectivity index is 1.69. The monoisotopic (exact) mass is 303 g/mol. The summed E-state index contributed by atoms with van der Waals surface area (Å²) >= 11 is 0. The molecule has 0 fully saturated rings. The van der Waals surface area contributed by atoms with Crippen LogP contribution in [0.3, 0.4) is 0 Å². The van der Waals surface area contributed by atoms with E-state index in [0.717, 1.165) is 24.2 Å². The summed E-state index contributed by atoms with van der Waals surface area (Å²) in [5.74, 6) is 0.159. The molecular weight excluding hydrogens is 285 g/mol. The van der Waals surface area contributed by atoms with Crippen LogP contribution in [0.4, 0.5) is 4.39 Å². The Kier molecular flexibility index (Phi) is 4.31. The maximum Gasteiger partial charge on any atom is 0.233 e. The molecule has 0 spiro atoms. The predicted molar refractivity (Wildman–Crippen MR) is 78.9 cm³/mol. The molecule has 22 heavy (non-hydrogen) atoms. The van der Waals surface area contributed by atoms with Crippen molar-refractivity contribution >= 4 is 0 Å². The highest BCUT2D eigenvalue weighted by atomic mass is 19.1. The van der Waals surface area contributed by atoms with Gasteiger partial charge in [0.1, 0.15) is 5.82 Å². The van der Waals surface area contributed by atoms with E-state index in [0.29, 0.717) is 24.5 Å².